The number of aliphatic hydroxyl groups excluding tert-OH is 1. The van der Waals surface area contributed by atoms with Gasteiger partial charge in [0.15, 0.2) is 5.16 Å². The van der Waals surface area contributed by atoms with Crippen molar-refractivity contribution in [3.05, 3.63) is 22.1 Å². The second kappa shape index (κ2) is 7.41. The molecule has 7 nitrogen and oxygen atoms in total. The lowest BCUT2D eigenvalue weighted by Gasteiger charge is -2.07. The average molecular weight is 299 g/mol. The number of carbonyl (C=O) groups is 1. The van der Waals surface area contributed by atoms with Crippen molar-refractivity contribution in [2.45, 2.75) is 18.1 Å². The number of hydrogen-bond donors (Lipinski definition) is 2. The monoisotopic (exact) mass is 299 g/mol. The fourth-order valence-corrected chi connectivity index (χ4v) is 2.72. The van der Waals surface area contributed by atoms with E-state index in [0.717, 1.165) is 5.75 Å². The van der Waals surface area contributed by atoms with Crippen LogP contribution in [0.15, 0.2) is 16.1 Å². The van der Waals surface area contributed by atoms with Gasteiger partial charge in [-0.3, -0.25) is 14.2 Å². The Balaban J connectivity index is 1.86. The number of fused-ring (bicyclic) bond motifs is 1. The van der Waals surface area contributed by atoms with Gasteiger partial charge >= 0.3 is 0 Å². The van der Waals surface area contributed by atoms with Crippen LogP contribution < -0.4 is 10.9 Å². The van der Waals surface area contributed by atoms with E-state index in [4.69, 9.17) is 9.84 Å². The maximum atomic E-state index is 12.1. The Labute approximate surface area is 120 Å². The van der Waals surface area contributed by atoms with Gasteiger partial charge in [0.05, 0.1) is 13.2 Å². The largest absolute Gasteiger partial charge is 0.394 e. The van der Waals surface area contributed by atoms with Gasteiger partial charge in [0.2, 0.25) is 0 Å². The molecule has 2 heterocycles. The SMILES string of the molecule is O=C(NCCCOCCO)c1cnc2n(c1=O)CCS2. The van der Waals surface area contributed by atoms with Crippen molar-refractivity contribution >= 4 is 17.7 Å². The summed E-state index contributed by atoms with van der Waals surface area (Å²) < 4.78 is 6.60. The molecule has 1 aromatic heterocycles. The van der Waals surface area contributed by atoms with Crippen molar-refractivity contribution in [3.8, 4) is 0 Å². The molecule has 0 fully saturated rings. The third kappa shape index (κ3) is 3.59. The van der Waals surface area contributed by atoms with E-state index in [1.165, 1.54) is 22.5 Å². The molecule has 1 aliphatic heterocycles. The van der Waals surface area contributed by atoms with Crippen LogP contribution in [0.25, 0.3) is 0 Å². The van der Waals surface area contributed by atoms with Gasteiger partial charge in [0, 0.05) is 31.6 Å². The molecular formula is C12H17N3O4S. The second-order valence-corrected chi connectivity index (χ2v) is 5.27. The zero-order chi connectivity index (χ0) is 14.4. The van der Waals surface area contributed by atoms with Crippen molar-refractivity contribution < 1.29 is 14.6 Å². The van der Waals surface area contributed by atoms with Gasteiger partial charge in [-0.1, -0.05) is 11.8 Å². The molecule has 0 saturated heterocycles. The van der Waals surface area contributed by atoms with Gasteiger partial charge in [-0.05, 0) is 6.42 Å². The Bertz CT molecular complexity index is 532. The Morgan fingerprint density at radius 3 is 3.20 bits per heavy atom. The summed E-state index contributed by atoms with van der Waals surface area (Å²) in [5.41, 5.74) is -0.207. The number of aliphatic hydroxyl groups is 1. The minimum atomic E-state index is -0.406. The van der Waals surface area contributed by atoms with Gasteiger partial charge in [0.1, 0.15) is 5.56 Å². The lowest BCUT2D eigenvalue weighted by atomic mass is 10.3. The first-order valence-corrected chi connectivity index (χ1v) is 7.42. The molecule has 1 amide bonds. The molecule has 0 unspecified atom stereocenters. The number of ether oxygens (including phenoxy) is 1. The molecule has 0 bridgehead atoms. The fourth-order valence-electron chi connectivity index (χ4n) is 1.81. The van der Waals surface area contributed by atoms with Gasteiger partial charge in [-0.25, -0.2) is 4.98 Å². The minimum absolute atomic E-state index is 0.0120. The Kier molecular flexibility index (Phi) is 5.57. The summed E-state index contributed by atoms with van der Waals surface area (Å²) in [5, 5.41) is 11.9. The van der Waals surface area contributed by atoms with Crippen LogP contribution in [0.2, 0.25) is 0 Å². The number of thioether (sulfide) groups is 1. The normalized spacial score (nSPS) is 13.2. The molecule has 0 radical (unpaired) electrons. The second-order valence-electron chi connectivity index (χ2n) is 4.21. The molecule has 0 aliphatic carbocycles. The van der Waals surface area contributed by atoms with Gasteiger partial charge in [-0.2, -0.15) is 0 Å². The van der Waals surface area contributed by atoms with Crippen molar-refractivity contribution in [1.82, 2.24) is 14.9 Å². The lowest BCUT2D eigenvalue weighted by Crippen LogP contribution is -2.34. The summed E-state index contributed by atoms with van der Waals surface area (Å²) in [4.78, 5) is 28.1. The van der Waals surface area contributed by atoms with Crippen LogP contribution >= 0.6 is 11.8 Å². The van der Waals surface area contributed by atoms with Crippen LogP contribution in [0.1, 0.15) is 16.8 Å². The van der Waals surface area contributed by atoms with E-state index in [0.29, 0.717) is 37.9 Å². The number of amides is 1. The molecule has 0 spiro atoms. The predicted octanol–water partition coefficient (Wildman–Crippen LogP) is -0.522. The standard InChI is InChI=1S/C12H17N3O4S/c16-4-6-19-5-1-2-13-10(17)9-8-14-12-15(11(9)18)3-7-20-12/h8,16H,1-7H2,(H,13,17). The number of hydrogen-bond acceptors (Lipinski definition) is 6. The molecule has 110 valence electrons. The quantitative estimate of drug-likeness (QED) is 0.520. The van der Waals surface area contributed by atoms with Crippen molar-refractivity contribution in [2.24, 2.45) is 0 Å². The molecule has 1 aromatic rings. The van der Waals surface area contributed by atoms with Crippen LogP contribution in [0.4, 0.5) is 0 Å². The maximum absolute atomic E-state index is 12.1. The van der Waals surface area contributed by atoms with Crippen LogP contribution in [-0.2, 0) is 11.3 Å². The van der Waals surface area contributed by atoms with E-state index in [1.54, 1.807) is 0 Å². The third-order valence-corrected chi connectivity index (χ3v) is 3.76. The van der Waals surface area contributed by atoms with Crippen molar-refractivity contribution in [2.75, 3.05) is 32.1 Å². The number of aromatic nitrogens is 2. The molecule has 8 heteroatoms. The molecule has 0 aromatic carbocycles. The van der Waals surface area contributed by atoms with Crippen molar-refractivity contribution in [3.63, 3.8) is 0 Å². The smallest absolute Gasteiger partial charge is 0.267 e. The first kappa shape index (κ1) is 15.0. The van der Waals surface area contributed by atoms with Crippen LogP contribution in [0, 0.1) is 0 Å². The predicted molar refractivity (Wildman–Crippen MR) is 74.1 cm³/mol. The minimum Gasteiger partial charge on any atom is -0.394 e. The first-order valence-electron chi connectivity index (χ1n) is 6.43. The van der Waals surface area contributed by atoms with E-state index in [2.05, 4.69) is 10.3 Å². The molecule has 0 atom stereocenters. The molecule has 1 aliphatic rings. The van der Waals surface area contributed by atoms with E-state index < -0.39 is 5.91 Å². The van der Waals surface area contributed by atoms with E-state index in [9.17, 15) is 9.59 Å². The molecule has 2 rings (SSSR count). The third-order valence-electron chi connectivity index (χ3n) is 2.79. The summed E-state index contributed by atoms with van der Waals surface area (Å²) in [5.74, 6) is 0.409. The summed E-state index contributed by atoms with van der Waals surface area (Å²) >= 11 is 1.51. The topological polar surface area (TPSA) is 93.4 Å². The van der Waals surface area contributed by atoms with E-state index >= 15 is 0 Å². The summed E-state index contributed by atoms with van der Waals surface area (Å²) in [6, 6.07) is 0. The van der Waals surface area contributed by atoms with E-state index in [1.807, 2.05) is 0 Å². The fraction of sp³-hybridized carbons (Fsp3) is 0.583. The number of nitrogens with zero attached hydrogens (tertiary/aromatic N) is 2. The average Bonchev–Trinajstić information content (AvgIpc) is 2.92. The van der Waals surface area contributed by atoms with Crippen LogP contribution in [0.3, 0.4) is 0 Å². The van der Waals surface area contributed by atoms with Gasteiger partial charge < -0.3 is 15.2 Å². The summed E-state index contributed by atoms with van der Waals surface area (Å²) in [6.45, 7) is 1.75. The summed E-state index contributed by atoms with van der Waals surface area (Å²) in [6.07, 6.45) is 1.96. The molecule has 20 heavy (non-hydrogen) atoms. The van der Waals surface area contributed by atoms with Crippen LogP contribution in [-0.4, -0.2) is 52.7 Å². The highest BCUT2D eigenvalue weighted by Crippen LogP contribution is 2.20. The number of rotatable bonds is 7. The highest BCUT2D eigenvalue weighted by Gasteiger charge is 2.19. The maximum Gasteiger partial charge on any atom is 0.267 e. The van der Waals surface area contributed by atoms with Gasteiger partial charge in [-0.15, -0.1) is 0 Å². The molecule has 2 N–H and O–H groups in total. The number of nitrogens with one attached hydrogen (secondary N) is 1. The van der Waals surface area contributed by atoms with Crippen molar-refractivity contribution in [1.29, 1.82) is 0 Å². The molecular weight excluding hydrogens is 282 g/mol. The Hall–Kier alpha value is -1.38. The zero-order valence-corrected chi connectivity index (χ0v) is 11.8. The zero-order valence-electron chi connectivity index (χ0n) is 11.0. The number of carbonyl (C=O) groups excluding carboxylic acids is 1. The molecule has 0 saturated carbocycles. The lowest BCUT2D eigenvalue weighted by molar-refractivity contribution is 0.0866. The van der Waals surface area contributed by atoms with Gasteiger partial charge in [0.25, 0.3) is 11.5 Å². The summed E-state index contributed by atoms with van der Waals surface area (Å²) in [7, 11) is 0. The Morgan fingerprint density at radius 2 is 2.40 bits per heavy atom. The van der Waals surface area contributed by atoms with E-state index in [-0.39, 0.29) is 17.7 Å². The highest BCUT2D eigenvalue weighted by atomic mass is 32.2. The Morgan fingerprint density at radius 1 is 1.55 bits per heavy atom. The first-order chi connectivity index (χ1) is 9.74. The highest BCUT2D eigenvalue weighted by molar-refractivity contribution is 7.99. The van der Waals surface area contributed by atoms with Crippen LogP contribution in [0.5, 0.6) is 0 Å².